The minimum absolute atomic E-state index is 0.0403. The van der Waals surface area contributed by atoms with Crippen LogP contribution in [0.2, 0.25) is 0 Å². The predicted molar refractivity (Wildman–Crippen MR) is 108 cm³/mol. The molecular formula is C17H22N6OS3. The number of carbonyl (C=O) groups excluding carboxylic acids is 1. The lowest BCUT2D eigenvalue weighted by molar-refractivity contribution is -0.127. The van der Waals surface area contributed by atoms with Gasteiger partial charge in [-0.15, -0.1) is 31.7 Å². The number of nitrogens with one attached hydrogen (secondary N) is 1. The van der Waals surface area contributed by atoms with Crippen LogP contribution in [0.25, 0.3) is 0 Å². The molecule has 5 rings (SSSR count). The molecular weight excluding hydrogens is 400 g/mol. The average molecular weight is 423 g/mol. The van der Waals surface area contributed by atoms with E-state index in [-0.39, 0.29) is 11.5 Å². The van der Waals surface area contributed by atoms with E-state index in [4.69, 9.17) is 5.73 Å². The van der Waals surface area contributed by atoms with Crippen LogP contribution in [0, 0.1) is 5.41 Å². The number of nitrogens with two attached hydrogens (primary N) is 1. The van der Waals surface area contributed by atoms with Crippen LogP contribution >= 0.6 is 34.4 Å². The first-order valence-corrected chi connectivity index (χ1v) is 12.1. The standard InChI is InChI=1S/C17H22N6OS3/c18-15-23-21-12(27-15)2-6-25-5-1-11-20-22-14(26-11)17-4-3-16(8-17)7-10(13(17)24)19-9-16/h10,19H,1-9H2,(H2,18,23)/t10-,16?,17?/m0/s1. The van der Waals surface area contributed by atoms with E-state index in [0.29, 0.717) is 16.3 Å². The number of thioether (sulfide) groups is 1. The molecule has 2 unspecified atom stereocenters. The van der Waals surface area contributed by atoms with Crippen LogP contribution in [0.1, 0.15) is 40.7 Å². The molecule has 1 saturated heterocycles. The molecule has 2 saturated carbocycles. The predicted octanol–water partition coefficient (Wildman–Crippen LogP) is 1.84. The largest absolute Gasteiger partial charge is 0.374 e. The van der Waals surface area contributed by atoms with Crippen molar-refractivity contribution in [1.29, 1.82) is 0 Å². The third-order valence-corrected chi connectivity index (χ3v) is 9.17. The van der Waals surface area contributed by atoms with E-state index in [2.05, 4.69) is 25.7 Å². The van der Waals surface area contributed by atoms with Gasteiger partial charge in [0.05, 0.1) is 11.5 Å². The van der Waals surface area contributed by atoms with Crippen LogP contribution < -0.4 is 11.1 Å². The Morgan fingerprint density at radius 2 is 1.89 bits per heavy atom. The van der Waals surface area contributed by atoms with Gasteiger partial charge in [-0.2, -0.15) is 11.8 Å². The number of hydrogen-bond donors (Lipinski definition) is 2. The summed E-state index contributed by atoms with van der Waals surface area (Å²) in [5.74, 6) is 2.36. The zero-order chi connectivity index (χ0) is 18.5. The first-order chi connectivity index (χ1) is 13.1. The summed E-state index contributed by atoms with van der Waals surface area (Å²) in [5, 5.41) is 23.8. The molecule has 7 nitrogen and oxygen atoms in total. The lowest BCUT2D eigenvalue weighted by Gasteiger charge is -2.33. The molecule has 2 aliphatic carbocycles. The quantitative estimate of drug-likeness (QED) is 0.651. The molecule has 10 heteroatoms. The number of rotatable bonds is 7. The van der Waals surface area contributed by atoms with Gasteiger partial charge in [-0.05, 0) is 42.6 Å². The topological polar surface area (TPSA) is 107 Å². The molecule has 0 aromatic carbocycles. The van der Waals surface area contributed by atoms with Crippen LogP contribution in [0.3, 0.4) is 0 Å². The molecule has 0 radical (unpaired) electrons. The molecule has 27 heavy (non-hydrogen) atoms. The summed E-state index contributed by atoms with van der Waals surface area (Å²) in [7, 11) is 0. The first-order valence-electron chi connectivity index (χ1n) is 9.35. The van der Waals surface area contributed by atoms with Gasteiger partial charge in [0.25, 0.3) is 0 Å². The maximum Gasteiger partial charge on any atom is 0.203 e. The number of nitrogen functional groups attached to an aromatic ring is 1. The van der Waals surface area contributed by atoms with Gasteiger partial charge >= 0.3 is 0 Å². The lowest BCUT2D eigenvalue weighted by atomic mass is 9.69. The van der Waals surface area contributed by atoms with E-state index in [1.54, 1.807) is 11.3 Å². The number of Topliss-reactive ketones (excluding diaryl/α,β-unsaturated/α-hetero) is 1. The number of ketones is 1. The summed E-state index contributed by atoms with van der Waals surface area (Å²) >= 11 is 5.00. The normalized spacial score (nSPS) is 31.7. The van der Waals surface area contributed by atoms with Gasteiger partial charge in [0.2, 0.25) is 5.13 Å². The number of fused-ring (bicyclic) bond motifs is 2. The van der Waals surface area contributed by atoms with Crippen molar-refractivity contribution >= 4 is 45.4 Å². The lowest BCUT2D eigenvalue weighted by Crippen LogP contribution is -2.46. The number of carbonyl (C=O) groups is 1. The molecule has 1 aliphatic heterocycles. The van der Waals surface area contributed by atoms with Gasteiger partial charge in [0.1, 0.15) is 15.0 Å². The Labute approximate surface area is 169 Å². The van der Waals surface area contributed by atoms with Crippen LogP contribution in [0.4, 0.5) is 5.13 Å². The Kier molecular flexibility index (Phi) is 4.49. The van der Waals surface area contributed by atoms with E-state index < -0.39 is 0 Å². The minimum atomic E-state index is -0.354. The molecule has 2 aromatic heterocycles. The molecule has 3 bridgehead atoms. The maximum atomic E-state index is 13.1. The van der Waals surface area contributed by atoms with Crippen molar-refractivity contribution in [1.82, 2.24) is 25.7 Å². The zero-order valence-electron chi connectivity index (χ0n) is 14.9. The smallest absolute Gasteiger partial charge is 0.203 e. The number of nitrogens with zero attached hydrogens (tertiary/aromatic N) is 4. The van der Waals surface area contributed by atoms with Crippen molar-refractivity contribution in [2.24, 2.45) is 5.41 Å². The van der Waals surface area contributed by atoms with Crippen molar-refractivity contribution < 1.29 is 4.79 Å². The fraction of sp³-hybridized carbons (Fsp3) is 0.706. The van der Waals surface area contributed by atoms with Gasteiger partial charge in [0.15, 0.2) is 5.78 Å². The molecule has 3 atom stereocenters. The van der Waals surface area contributed by atoms with Crippen molar-refractivity contribution in [2.45, 2.75) is 50.0 Å². The third kappa shape index (κ3) is 3.10. The summed E-state index contributed by atoms with van der Waals surface area (Å²) < 4.78 is 0. The molecule has 144 valence electrons. The Bertz CT molecular complexity index is 868. The van der Waals surface area contributed by atoms with Crippen LogP contribution in [0.5, 0.6) is 0 Å². The monoisotopic (exact) mass is 422 g/mol. The van der Waals surface area contributed by atoms with E-state index in [9.17, 15) is 4.79 Å². The SMILES string of the molecule is Nc1nnc(CCSCCc2nnc(C34CCC5(CN[C@@H](C5)C3=O)C4)s2)s1. The summed E-state index contributed by atoms with van der Waals surface area (Å²) in [6, 6.07) is 0.0403. The molecule has 0 amide bonds. The number of aromatic nitrogens is 4. The summed E-state index contributed by atoms with van der Waals surface area (Å²) in [5.41, 5.74) is 5.57. The van der Waals surface area contributed by atoms with E-state index in [0.717, 1.165) is 71.6 Å². The highest BCUT2D eigenvalue weighted by atomic mass is 32.2. The highest BCUT2D eigenvalue weighted by Crippen LogP contribution is 2.60. The highest BCUT2D eigenvalue weighted by Gasteiger charge is 2.63. The third-order valence-electron chi connectivity index (χ3n) is 6.19. The van der Waals surface area contributed by atoms with Crippen LogP contribution in [-0.2, 0) is 23.1 Å². The number of hydrogen-bond acceptors (Lipinski definition) is 10. The molecule has 1 spiro atoms. The summed E-state index contributed by atoms with van der Waals surface area (Å²) in [6.07, 6.45) is 5.89. The van der Waals surface area contributed by atoms with Crippen LogP contribution in [0.15, 0.2) is 0 Å². The van der Waals surface area contributed by atoms with Gasteiger partial charge in [0, 0.05) is 19.4 Å². The Hall–Kier alpha value is -1.10. The van der Waals surface area contributed by atoms with E-state index in [1.807, 2.05) is 11.8 Å². The van der Waals surface area contributed by atoms with Gasteiger partial charge in [-0.1, -0.05) is 11.3 Å². The van der Waals surface area contributed by atoms with Gasteiger partial charge in [-0.25, -0.2) is 0 Å². The average Bonchev–Trinajstić information content (AvgIpc) is 3.42. The van der Waals surface area contributed by atoms with Crippen LogP contribution in [-0.4, -0.2) is 50.3 Å². The van der Waals surface area contributed by atoms with Crippen molar-refractivity contribution in [3.8, 4) is 0 Å². The van der Waals surface area contributed by atoms with Crippen molar-refractivity contribution in [3.63, 3.8) is 0 Å². The molecule has 3 fully saturated rings. The van der Waals surface area contributed by atoms with Gasteiger partial charge in [-0.3, -0.25) is 4.79 Å². The van der Waals surface area contributed by atoms with E-state index >= 15 is 0 Å². The second kappa shape index (κ2) is 6.75. The number of aryl methyl sites for hydroxylation is 2. The second-order valence-electron chi connectivity index (χ2n) is 7.91. The van der Waals surface area contributed by atoms with Crippen molar-refractivity contribution in [3.05, 3.63) is 15.0 Å². The fourth-order valence-corrected chi connectivity index (χ4v) is 7.70. The second-order valence-corrected chi connectivity index (χ2v) is 11.3. The van der Waals surface area contributed by atoms with Gasteiger partial charge < -0.3 is 11.1 Å². The first kappa shape index (κ1) is 18.0. The summed E-state index contributed by atoms with van der Waals surface area (Å²) in [6.45, 7) is 0.994. The van der Waals surface area contributed by atoms with Crippen molar-refractivity contribution in [2.75, 3.05) is 23.8 Å². The summed E-state index contributed by atoms with van der Waals surface area (Å²) in [4.78, 5) is 13.1. The fourth-order valence-electron chi connectivity index (χ4n) is 4.89. The highest BCUT2D eigenvalue weighted by molar-refractivity contribution is 7.99. The van der Waals surface area contributed by atoms with E-state index in [1.165, 1.54) is 11.3 Å². The minimum Gasteiger partial charge on any atom is -0.374 e. The molecule has 2 aromatic rings. The Balaban J connectivity index is 1.18. The molecule has 3 heterocycles. The molecule has 3 N–H and O–H groups in total. The maximum absolute atomic E-state index is 13.1. The Morgan fingerprint density at radius 3 is 2.67 bits per heavy atom. The number of anilines is 1. The Morgan fingerprint density at radius 1 is 1.11 bits per heavy atom. The molecule has 3 aliphatic rings. The zero-order valence-corrected chi connectivity index (χ0v) is 17.4.